The Labute approximate surface area is 110 Å². The summed E-state index contributed by atoms with van der Waals surface area (Å²) in [5.74, 6) is 0.601. The summed E-state index contributed by atoms with van der Waals surface area (Å²) < 4.78 is 0. The van der Waals surface area contributed by atoms with Gasteiger partial charge < -0.3 is 5.32 Å². The number of benzene rings is 2. The van der Waals surface area contributed by atoms with Crippen molar-refractivity contribution in [2.75, 3.05) is 5.32 Å². The highest BCUT2D eigenvalue weighted by atomic mass is 14.9. The van der Waals surface area contributed by atoms with Gasteiger partial charge in [0.1, 0.15) is 0 Å². The van der Waals surface area contributed by atoms with Crippen LogP contribution in [0.5, 0.6) is 0 Å². The molecule has 2 aromatic carbocycles. The van der Waals surface area contributed by atoms with Crippen LogP contribution in [0.2, 0.25) is 0 Å². The molecule has 2 aromatic rings. The summed E-state index contributed by atoms with van der Waals surface area (Å²) in [6.45, 7) is 7.43. The minimum absolute atomic E-state index is 0.601. The molecule has 1 nitrogen and oxygen atoms in total. The zero-order valence-electron chi connectivity index (χ0n) is 11.4. The Morgan fingerprint density at radius 1 is 0.889 bits per heavy atom. The van der Waals surface area contributed by atoms with Crippen molar-refractivity contribution in [1.29, 1.82) is 0 Å². The monoisotopic (exact) mass is 239 g/mol. The van der Waals surface area contributed by atoms with Crippen LogP contribution in [0.25, 0.3) is 0 Å². The van der Waals surface area contributed by atoms with E-state index < -0.39 is 0 Å². The van der Waals surface area contributed by atoms with Gasteiger partial charge in [-0.15, -0.1) is 0 Å². The standard InChI is InChI=1S/C17H21N/c1-13(2)16-8-6-15(7-9-16)12-18-17-10-4-14(3)5-11-17/h4-11,13,18H,12H2,1-3H3. The van der Waals surface area contributed by atoms with Crippen molar-refractivity contribution in [3.05, 3.63) is 65.2 Å². The van der Waals surface area contributed by atoms with E-state index in [4.69, 9.17) is 0 Å². The van der Waals surface area contributed by atoms with E-state index in [1.54, 1.807) is 0 Å². The van der Waals surface area contributed by atoms with Crippen LogP contribution in [-0.4, -0.2) is 0 Å². The maximum Gasteiger partial charge on any atom is 0.0400 e. The number of nitrogens with one attached hydrogen (secondary N) is 1. The summed E-state index contributed by atoms with van der Waals surface area (Å²) in [6.07, 6.45) is 0. The van der Waals surface area contributed by atoms with E-state index in [-0.39, 0.29) is 0 Å². The fourth-order valence-corrected chi connectivity index (χ4v) is 1.90. The van der Waals surface area contributed by atoms with E-state index in [0.717, 1.165) is 6.54 Å². The molecule has 0 heterocycles. The Balaban J connectivity index is 1.95. The van der Waals surface area contributed by atoms with Gasteiger partial charge in [0.15, 0.2) is 0 Å². The van der Waals surface area contributed by atoms with Gasteiger partial charge in [-0.25, -0.2) is 0 Å². The van der Waals surface area contributed by atoms with Crippen molar-refractivity contribution < 1.29 is 0 Å². The Morgan fingerprint density at radius 2 is 1.50 bits per heavy atom. The highest BCUT2D eigenvalue weighted by molar-refractivity contribution is 5.45. The minimum atomic E-state index is 0.601. The van der Waals surface area contributed by atoms with Gasteiger partial charge in [-0.3, -0.25) is 0 Å². The predicted molar refractivity (Wildman–Crippen MR) is 79.0 cm³/mol. The van der Waals surface area contributed by atoms with Crippen LogP contribution >= 0.6 is 0 Å². The maximum absolute atomic E-state index is 3.44. The number of rotatable bonds is 4. The molecule has 0 unspecified atom stereocenters. The normalized spacial score (nSPS) is 10.7. The van der Waals surface area contributed by atoms with Crippen LogP contribution in [0.3, 0.4) is 0 Å². The van der Waals surface area contributed by atoms with Crippen molar-refractivity contribution in [2.24, 2.45) is 0 Å². The summed E-state index contributed by atoms with van der Waals surface area (Å²) in [5.41, 5.74) is 5.18. The summed E-state index contributed by atoms with van der Waals surface area (Å²) in [4.78, 5) is 0. The maximum atomic E-state index is 3.44. The van der Waals surface area contributed by atoms with Crippen LogP contribution in [0.1, 0.15) is 36.5 Å². The van der Waals surface area contributed by atoms with Gasteiger partial charge in [-0.1, -0.05) is 55.8 Å². The topological polar surface area (TPSA) is 12.0 Å². The predicted octanol–water partition coefficient (Wildman–Crippen LogP) is 4.73. The quantitative estimate of drug-likeness (QED) is 0.813. The molecule has 1 N–H and O–H groups in total. The molecule has 0 bridgehead atoms. The fourth-order valence-electron chi connectivity index (χ4n) is 1.90. The largest absolute Gasteiger partial charge is 0.381 e. The van der Waals surface area contributed by atoms with Gasteiger partial charge in [-0.05, 0) is 36.1 Å². The number of hydrogen-bond donors (Lipinski definition) is 1. The smallest absolute Gasteiger partial charge is 0.0400 e. The second-order valence-electron chi connectivity index (χ2n) is 5.12. The Bertz CT molecular complexity index is 480. The van der Waals surface area contributed by atoms with Crippen molar-refractivity contribution in [1.82, 2.24) is 0 Å². The first-order valence-corrected chi connectivity index (χ1v) is 6.54. The van der Waals surface area contributed by atoms with Crippen LogP contribution in [0.15, 0.2) is 48.5 Å². The first-order chi connectivity index (χ1) is 8.65. The first-order valence-electron chi connectivity index (χ1n) is 6.54. The average molecular weight is 239 g/mol. The Hall–Kier alpha value is -1.76. The molecule has 0 aromatic heterocycles. The third kappa shape index (κ3) is 3.36. The molecule has 0 atom stereocenters. The van der Waals surface area contributed by atoms with Gasteiger partial charge in [0.2, 0.25) is 0 Å². The Morgan fingerprint density at radius 3 is 2.06 bits per heavy atom. The van der Waals surface area contributed by atoms with Crippen molar-refractivity contribution in [3.8, 4) is 0 Å². The second kappa shape index (κ2) is 5.72. The lowest BCUT2D eigenvalue weighted by Crippen LogP contribution is -1.99. The third-order valence-corrected chi connectivity index (χ3v) is 3.19. The molecular weight excluding hydrogens is 218 g/mol. The molecular formula is C17H21N. The van der Waals surface area contributed by atoms with Gasteiger partial charge >= 0.3 is 0 Å². The lowest BCUT2D eigenvalue weighted by Gasteiger charge is -2.09. The molecule has 0 aliphatic carbocycles. The number of aryl methyl sites for hydroxylation is 1. The van der Waals surface area contributed by atoms with E-state index in [2.05, 4.69) is 74.6 Å². The minimum Gasteiger partial charge on any atom is -0.381 e. The molecule has 0 radical (unpaired) electrons. The molecule has 0 saturated heterocycles. The molecule has 0 fully saturated rings. The average Bonchev–Trinajstić information content (AvgIpc) is 2.38. The molecule has 0 aliphatic heterocycles. The van der Waals surface area contributed by atoms with Gasteiger partial charge in [0.25, 0.3) is 0 Å². The van der Waals surface area contributed by atoms with E-state index in [1.807, 2.05) is 0 Å². The van der Waals surface area contributed by atoms with Crippen LogP contribution < -0.4 is 5.32 Å². The van der Waals surface area contributed by atoms with Crippen molar-refractivity contribution >= 4 is 5.69 Å². The van der Waals surface area contributed by atoms with E-state index in [1.165, 1.54) is 22.4 Å². The molecule has 0 saturated carbocycles. The van der Waals surface area contributed by atoms with Crippen LogP contribution in [0.4, 0.5) is 5.69 Å². The highest BCUT2D eigenvalue weighted by Crippen LogP contribution is 2.16. The third-order valence-electron chi connectivity index (χ3n) is 3.19. The van der Waals surface area contributed by atoms with E-state index >= 15 is 0 Å². The number of anilines is 1. The van der Waals surface area contributed by atoms with Crippen molar-refractivity contribution in [2.45, 2.75) is 33.2 Å². The molecule has 0 spiro atoms. The summed E-state index contributed by atoms with van der Waals surface area (Å²) in [5, 5.41) is 3.44. The van der Waals surface area contributed by atoms with Crippen LogP contribution in [0, 0.1) is 6.92 Å². The molecule has 18 heavy (non-hydrogen) atoms. The van der Waals surface area contributed by atoms with E-state index in [0.29, 0.717) is 5.92 Å². The molecule has 94 valence electrons. The zero-order chi connectivity index (χ0) is 13.0. The lowest BCUT2D eigenvalue weighted by molar-refractivity contribution is 0.865. The first kappa shape index (κ1) is 12.7. The highest BCUT2D eigenvalue weighted by Gasteiger charge is 1.99. The summed E-state index contributed by atoms with van der Waals surface area (Å²) in [7, 11) is 0. The SMILES string of the molecule is Cc1ccc(NCc2ccc(C(C)C)cc2)cc1. The van der Waals surface area contributed by atoms with Gasteiger partial charge in [0, 0.05) is 12.2 Å². The Kier molecular flexibility index (Phi) is 4.03. The zero-order valence-corrected chi connectivity index (χ0v) is 11.4. The molecule has 2 rings (SSSR count). The fraction of sp³-hybridized carbons (Fsp3) is 0.294. The molecule has 0 amide bonds. The summed E-state index contributed by atoms with van der Waals surface area (Å²) >= 11 is 0. The van der Waals surface area contributed by atoms with Crippen molar-refractivity contribution in [3.63, 3.8) is 0 Å². The second-order valence-corrected chi connectivity index (χ2v) is 5.12. The van der Waals surface area contributed by atoms with Gasteiger partial charge in [-0.2, -0.15) is 0 Å². The summed E-state index contributed by atoms with van der Waals surface area (Å²) in [6, 6.07) is 17.4. The molecule has 0 aliphatic rings. The molecule has 1 heteroatoms. The van der Waals surface area contributed by atoms with Crippen LogP contribution in [-0.2, 0) is 6.54 Å². The number of hydrogen-bond acceptors (Lipinski definition) is 1. The van der Waals surface area contributed by atoms with Gasteiger partial charge in [0.05, 0.1) is 0 Å². The van der Waals surface area contributed by atoms with E-state index in [9.17, 15) is 0 Å². The lowest BCUT2D eigenvalue weighted by atomic mass is 10.0.